The number of fused-ring (bicyclic) bond motifs is 5. The lowest BCUT2D eigenvalue weighted by Gasteiger charge is -2.38. The molecule has 3 aromatic rings. The van der Waals surface area contributed by atoms with Crippen molar-refractivity contribution in [1.82, 2.24) is 14.3 Å². The molecule has 31 heavy (non-hydrogen) atoms. The molecule has 6 heteroatoms. The minimum atomic E-state index is -0.571. The summed E-state index contributed by atoms with van der Waals surface area (Å²) in [5.74, 6) is -0.175. The molecule has 0 saturated carbocycles. The van der Waals surface area contributed by atoms with Gasteiger partial charge in [0.15, 0.2) is 5.43 Å². The van der Waals surface area contributed by atoms with E-state index in [0.717, 1.165) is 28.7 Å². The molecular weight excluding hydrogens is 390 g/mol. The summed E-state index contributed by atoms with van der Waals surface area (Å²) in [5, 5.41) is 6.05. The number of carbonyl (C=O) groups is 1. The van der Waals surface area contributed by atoms with Gasteiger partial charge in [0.1, 0.15) is 5.56 Å². The summed E-state index contributed by atoms with van der Waals surface area (Å²) >= 11 is 0. The quantitative estimate of drug-likeness (QED) is 0.546. The average Bonchev–Trinajstić information content (AvgIpc) is 3.10. The van der Waals surface area contributed by atoms with Crippen molar-refractivity contribution in [2.45, 2.75) is 66.5 Å². The van der Waals surface area contributed by atoms with E-state index in [4.69, 9.17) is 9.84 Å². The van der Waals surface area contributed by atoms with Crippen LogP contribution in [0.2, 0.25) is 0 Å². The molecule has 1 aliphatic rings. The molecule has 0 fully saturated rings. The van der Waals surface area contributed by atoms with E-state index in [-0.39, 0.29) is 29.1 Å². The monoisotopic (exact) mass is 421 g/mol. The molecule has 0 spiro atoms. The summed E-state index contributed by atoms with van der Waals surface area (Å²) in [4.78, 5) is 25.3. The van der Waals surface area contributed by atoms with Crippen LogP contribution in [-0.2, 0) is 11.3 Å². The van der Waals surface area contributed by atoms with Gasteiger partial charge >= 0.3 is 5.97 Å². The maximum absolute atomic E-state index is 12.9. The molecule has 1 aliphatic heterocycles. The lowest BCUT2D eigenvalue weighted by molar-refractivity contribution is 0.0522. The molecule has 2 atom stereocenters. The Morgan fingerprint density at radius 2 is 2.03 bits per heavy atom. The van der Waals surface area contributed by atoms with Crippen molar-refractivity contribution in [3.63, 3.8) is 0 Å². The first-order valence-corrected chi connectivity index (χ1v) is 11.1. The van der Waals surface area contributed by atoms with Gasteiger partial charge in [-0.3, -0.25) is 9.48 Å². The number of aromatic nitrogens is 3. The second kappa shape index (κ2) is 7.66. The third kappa shape index (κ3) is 3.48. The molecular formula is C25H31N3O3. The summed E-state index contributed by atoms with van der Waals surface area (Å²) in [6.07, 6.45) is 2.72. The molecule has 0 bridgehead atoms. The van der Waals surface area contributed by atoms with Gasteiger partial charge in [0.25, 0.3) is 0 Å². The van der Waals surface area contributed by atoms with Crippen molar-refractivity contribution in [1.29, 1.82) is 0 Å². The Bertz CT molecular complexity index is 1210. The summed E-state index contributed by atoms with van der Waals surface area (Å²) < 4.78 is 9.26. The van der Waals surface area contributed by atoms with Crippen LogP contribution in [0.15, 0.2) is 35.3 Å². The van der Waals surface area contributed by atoms with E-state index in [1.165, 1.54) is 5.56 Å². The van der Waals surface area contributed by atoms with Crippen LogP contribution in [0.25, 0.3) is 22.3 Å². The summed E-state index contributed by atoms with van der Waals surface area (Å²) in [6.45, 7) is 13.6. The van der Waals surface area contributed by atoms with E-state index >= 15 is 0 Å². The van der Waals surface area contributed by atoms with Crippen molar-refractivity contribution in [3.8, 4) is 11.4 Å². The van der Waals surface area contributed by atoms with E-state index in [0.29, 0.717) is 12.5 Å². The molecule has 164 valence electrons. The van der Waals surface area contributed by atoms with E-state index in [1.54, 1.807) is 19.2 Å². The molecule has 2 unspecified atom stereocenters. The number of pyridine rings is 1. The Morgan fingerprint density at radius 1 is 1.29 bits per heavy atom. The SMILES string of the molecule is CCOC(=O)c1cn2c(cc1=O)-c1c3cccc(C(C)CC)c3nn1CC2C(C)(C)C. The molecule has 0 amide bonds. The van der Waals surface area contributed by atoms with E-state index in [2.05, 4.69) is 57.4 Å². The number of carbonyl (C=O) groups excluding carboxylic acids is 1. The van der Waals surface area contributed by atoms with Gasteiger partial charge in [-0.2, -0.15) is 5.10 Å². The van der Waals surface area contributed by atoms with Crippen LogP contribution in [0, 0.1) is 5.41 Å². The van der Waals surface area contributed by atoms with Crippen LogP contribution >= 0.6 is 0 Å². The lowest BCUT2D eigenvalue weighted by Crippen LogP contribution is -2.35. The van der Waals surface area contributed by atoms with Gasteiger partial charge in [-0.25, -0.2) is 4.79 Å². The van der Waals surface area contributed by atoms with E-state index < -0.39 is 5.97 Å². The van der Waals surface area contributed by atoms with Gasteiger partial charge in [0, 0.05) is 17.6 Å². The first-order chi connectivity index (χ1) is 14.7. The minimum Gasteiger partial charge on any atom is -0.462 e. The maximum Gasteiger partial charge on any atom is 0.343 e. The first kappa shape index (κ1) is 21.3. The van der Waals surface area contributed by atoms with Crippen LogP contribution in [0.1, 0.15) is 75.8 Å². The zero-order valence-corrected chi connectivity index (χ0v) is 19.2. The van der Waals surface area contributed by atoms with Crippen molar-refractivity contribution in [2.24, 2.45) is 5.41 Å². The van der Waals surface area contributed by atoms with Crippen molar-refractivity contribution < 1.29 is 9.53 Å². The van der Waals surface area contributed by atoms with Gasteiger partial charge in [-0.1, -0.05) is 52.8 Å². The lowest BCUT2D eigenvalue weighted by atomic mass is 9.84. The van der Waals surface area contributed by atoms with Gasteiger partial charge in [0.05, 0.1) is 36.1 Å². The normalized spacial score (nSPS) is 16.6. The van der Waals surface area contributed by atoms with Crippen molar-refractivity contribution >= 4 is 16.9 Å². The van der Waals surface area contributed by atoms with Crippen LogP contribution < -0.4 is 5.43 Å². The Hall–Kier alpha value is -2.89. The fraction of sp³-hybridized carbons (Fsp3) is 0.480. The topological polar surface area (TPSA) is 66.1 Å². The number of rotatable bonds is 4. The largest absolute Gasteiger partial charge is 0.462 e. The summed E-state index contributed by atoms with van der Waals surface area (Å²) in [5.41, 5.74) is 3.61. The van der Waals surface area contributed by atoms with Crippen molar-refractivity contribution in [3.05, 3.63) is 51.8 Å². The molecule has 3 heterocycles. The second-order valence-electron chi connectivity index (χ2n) is 9.53. The molecule has 0 N–H and O–H groups in total. The first-order valence-electron chi connectivity index (χ1n) is 11.1. The molecule has 0 aliphatic carbocycles. The molecule has 1 aromatic carbocycles. The summed E-state index contributed by atoms with van der Waals surface area (Å²) in [7, 11) is 0. The van der Waals surface area contributed by atoms with Gasteiger partial charge in [-0.05, 0) is 30.2 Å². The third-order valence-electron chi connectivity index (χ3n) is 6.44. The molecule has 2 aromatic heterocycles. The second-order valence-corrected chi connectivity index (χ2v) is 9.53. The average molecular weight is 422 g/mol. The zero-order valence-electron chi connectivity index (χ0n) is 19.2. The van der Waals surface area contributed by atoms with Crippen LogP contribution in [0.5, 0.6) is 0 Å². The highest BCUT2D eigenvalue weighted by molar-refractivity contribution is 5.95. The number of hydrogen-bond donors (Lipinski definition) is 0. The van der Waals surface area contributed by atoms with Gasteiger partial charge < -0.3 is 9.30 Å². The Labute approximate surface area is 182 Å². The van der Waals surface area contributed by atoms with Crippen LogP contribution in [-0.4, -0.2) is 26.9 Å². The molecule has 4 rings (SSSR count). The highest BCUT2D eigenvalue weighted by Crippen LogP contribution is 2.42. The molecule has 0 saturated heterocycles. The standard InChI is InChI=1S/C25H31N3O3/c1-7-15(3)16-10-9-11-17-22(16)26-28-14-21(25(4,5)6)27-13-18(24(30)31-8-2)20(29)12-19(27)23(17)28/h9-13,15,21H,7-8,14H2,1-6H3. The van der Waals surface area contributed by atoms with E-state index in [9.17, 15) is 9.59 Å². The Morgan fingerprint density at radius 3 is 2.68 bits per heavy atom. The third-order valence-corrected chi connectivity index (χ3v) is 6.44. The van der Waals surface area contributed by atoms with Crippen LogP contribution in [0.4, 0.5) is 0 Å². The number of nitrogens with zero attached hydrogens (tertiary/aromatic N) is 3. The van der Waals surface area contributed by atoms with Crippen molar-refractivity contribution in [2.75, 3.05) is 6.61 Å². The Kier molecular flexibility index (Phi) is 5.28. The number of hydrogen-bond acceptors (Lipinski definition) is 4. The number of benzene rings is 1. The smallest absolute Gasteiger partial charge is 0.343 e. The zero-order chi connectivity index (χ0) is 22.5. The predicted octanol–water partition coefficient (Wildman–Crippen LogP) is 5.16. The fourth-order valence-electron chi connectivity index (χ4n) is 4.50. The Balaban J connectivity index is 2.02. The highest BCUT2D eigenvalue weighted by Gasteiger charge is 2.35. The van der Waals surface area contributed by atoms with E-state index in [1.807, 2.05) is 4.68 Å². The predicted molar refractivity (Wildman–Crippen MR) is 123 cm³/mol. The molecule has 6 nitrogen and oxygen atoms in total. The van der Waals surface area contributed by atoms with Gasteiger partial charge in [0.2, 0.25) is 0 Å². The van der Waals surface area contributed by atoms with Gasteiger partial charge in [-0.15, -0.1) is 0 Å². The number of ether oxygens (including phenoxy) is 1. The maximum atomic E-state index is 12.9. The number of esters is 1. The molecule has 0 radical (unpaired) electrons. The fourth-order valence-corrected chi connectivity index (χ4v) is 4.50. The highest BCUT2D eigenvalue weighted by atomic mass is 16.5. The summed E-state index contributed by atoms with van der Waals surface area (Å²) in [6, 6.07) is 7.90. The minimum absolute atomic E-state index is 0.0325. The van der Waals surface area contributed by atoms with Crippen LogP contribution in [0.3, 0.4) is 0 Å².